The standard InChI is InChI=1S/C15H11ClF2N2O4S/c16-9-4-3-5-10(14(9)25-15(17)18)19-13(21)8-24-12-7-2-1-6-11(12)20(22)23/h1-7,15H,8H2,(H,19,21). The van der Waals surface area contributed by atoms with Crippen LogP contribution in [0.4, 0.5) is 20.2 Å². The number of anilines is 1. The first-order chi connectivity index (χ1) is 11.9. The molecule has 0 unspecified atom stereocenters. The molecule has 2 rings (SSSR count). The number of nitrogens with one attached hydrogen (secondary N) is 1. The number of carbonyl (C=O) groups is 1. The van der Waals surface area contributed by atoms with E-state index in [1.807, 2.05) is 0 Å². The van der Waals surface area contributed by atoms with Crippen LogP contribution in [0, 0.1) is 10.1 Å². The molecular weight excluding hydrogens is 378 g/mol. The Labute approximate surface area is 150 Å². The van der Waals surface area contributed by atoms with Crippen molar-refractivity contribution in [2.45, 2.75) is 10.7 Å². The van der Waals surface area contributed by atoms with Crippen LogP contribution in [0.3, 0.4) is 0 Å². The number of thioether (sulfide) groups is 1. The Hall–Kier alpha value is -2.39. The number of carbonyl (C=O) groups excluding carboxylic acids is 1. The fourth-order valence-corrected chi connectivity index (χ4v) is 2.79. The summed E-state index contributed by atoms with van der Waals surface area (Å²) in [4.78, 5) is 22.2. The van der Waals surface area contributed by atoms with Crippen LogP contribution < -0.4 is 10.1 Å². The molecule has 10 heteroatoms. The highest BCUT2D eigenvalue weighted by atomic mass is 35.5. The van der Waals surface area contributed by atoms with Gasteiger partial charge in [0.1, 0.15) is 0 Å². The van der Waals surface area contributed by atoms with Crippen LogP contribution in [-0.2, 0) is 4.79 Å². The average Bonchev–Trinajstić information content (AvgIpc) is 2.56. The van der Waals surface area contributed by atoms with E-state index in [2.05, 4.69) is 5.32 Å². The number of para-hydroxylation sites is 2. The maximum Gasteiger partial charge on any atom is 0.310 e. The molecule has 0 aliphatic rings. The zero-order valence-corrected chi connectivity index (χ0v) is 14.0. The molecule has 0 aromatic heterocycles. The highest BCUT2D eigenvalue weighted by molar-refractivity contribution is 7.99. The monoisotopic (exact) mass is 388 g/mol. The molecule has 1 amide bonds. The SMILES string of the molecule is O=C(COc1ccccc1[N+](=O)[O-])Nc1cccc(Cl)c1SC(F)F. The number of nitro groups is 1. The second-order valence-corrected chi connectivity index (χ2v) is 5.96. The highest BCUT2D eigenvalue weighted by Gasteiger charge is 2.17. The number of rotatable bonds is 7. The van der Waals surface area contributed by atoms with Gasteiger partial charge in [0.25, 0.3) is 11.7 Å². The Morgan fingerprint density at radius 1 is 1.28 bits per heavy atom. The summed E-state index contributed by atoms with van der Waals surface area (Å²) in [6.45, 7) is -0.532. The quantitative estimate of drug-likeness (QED) is 0.426. The molecule has 0 radical (unpaired) electrons. The lowest BCUT2D eigenvalue weighted by Crippen LogP contribution is -2.21. The summed E-state index contributed by atoms with van der Waals surface area (Å²) in [5.41, 5.74) is -0.180. The summed E-state index contributed by atoms with van der Waals surface area (Å²) < 4.78 is 30.4. The third kappa shape index (κ3) is 5.30. The number of alkyl halides is 2. The molecule has 132 valence electrons. The van der Waals surface area contributed by atoms with Crippen LogP contribution in [0.2, 0.25) is 5.02 Å². The third-order valence-electron chi connectivity index (χ3n) is 2.87. The predicted octanol–water partition coefficient (Wildman–Crippen LogP) is 4.58. The van der Waals surface area contributed by atoms with Gasteiger partial charge in [0.2, 0.25) is 0 Å². The first-order valence-corrected chi connectivity index (χ1v) is 8.03. The van der Waals surface area contributed by atoms with E-state index in [0.717, 1.165) is 0 Å². The summed E-state index contributed by atoms with van der Waals surface area (Å²) in [5.74, 6) is -3.45. The molecule has 0 aliphatic heterocycles. The van der Waals surface area contributed by atoms with Gasteiger partial charge in [-0.3, -0.25) is 14.9 Å². The molecule has 0 fully saturated rings. The number of ether oxygens (including phenoxy) is 1. The van der Waals surface area contributed by atoms with Gasteiger partial charge in [-0.05, 0) is 18.2 Å². The van der Waals surface area contributed by atoms with Crippen LogP contribution in [0.1, 0.15) is 0 Å². The largest absolute Gasteiger partial charge is 0.477 e. The Kier molecular flexibility index (Phi) is 6.54. The number of halogens is 3. The second kappa shape index (κ2) is 8.63. The number of benzene rings is 2. The zero-order valence-electron chi connectivity index (χ0n) is 12.4. The normalized spacial score (nSPS) is 10.6. The summed E-state index contributed by atoms with van der Waals surface area (Å²) >= 11 is 6.08. The Balaban J connectivity index is 2.07. The minimum absolute atomic E-state index is 0.0261. The molecule has 25 heavy (non-hydrogen) atoms. The maximum absolute atomic E-state index is 12.6. The van der Waals surface area contributed by atoms with Crippen molar-refractivity contribution in [2.75, 3.05) is 11.9 Å². The molecule has 2 aromatic rings. The maximum atomic E-state index is 12.6. The van der Waals surface area contributed by atoms with Gasteiger partial charge in [-0.15, -0.1) is 0 Å². The van der Waals surface area contributed by atoms with Gasteiger partial charge in [-0.2, -0.15) is 8.78 Å². The molecule has 0 saturated carbocycles. The molecule has 0 bridgehead atoms. The van der Waals surface area contributed by atoms with Crippen molar-refractivity contribution in [1.82, 2.24) is 0 Å². The molecule has 1 N–H and O–H groups in total. The summed E-state index contributed by atoms with van der Waals surface area (Å²) in [6.07, 6.45) is 0. The molecule has 0 spiro atoms. The number of nitro benzene ring substituents is 1. The first-order valence-electron chi connectivity index (χ1n) is 6.78. The first kappa shape index (κ1) is 18.9. The molecule has 0 atom stereocenters. The molecule has 6 nitrogen and oxygen atoms in total. The van der Waals surface area contributed by atoms with Crippen molar-refractivity contribution >= 4 is 40.6 Å². The highest BCUT2D eigenvalue weighted by Crippen LogP contribution is 2.37. The van der Waals surface area contributed by atoms with E-state index in [1.165, 1.54) is 42.5 Å². The van der Waals surface area contributed by atoms with Gasteiger partial charge < -0.3 is 10.1 Å². The van der Waals surface area contributed by atoms with Crippen LogP contribution in [0.25, 0.3) is 0 Å². The smallest absolute Gasteiger partial charge is 0.310 e. The van der Waals surface area contributed by atoms with Gasteiger partial charge in [0.05, 0.1) is 20.5 Å². The summed E-state index contributed by atoms with van der Waals surface area (Å²) in [7, 11) is 0. The summed E-state index contributed by atoms with van der Waals surface area (Å²) in [5, 5.41) is 13.4. The van der Waals surface area contributed by atoms with Crippen molar-refractivity contribution in [2.24, 2.45) is 0 Å². The van der Waals surface area contributed by atoms with E-state index in [4.69, 9.17) is 16.3 Å². The van der Waals surface area contributed by atoms with Crippen molar-refractivity contribution in [3.8, 4) is 5.75 Å². The van der Waals surface area contributed by atoms with E-state index in [9.17, 15) is 23.7 Å². The zero-order chi connectivity index (χ0) is 18.4. The molecule has 0 heterocycles. The van der Waals surface area contributed by atoms with E-state index in [0.29, 0.717) is 0 Å². The van der Waals surface area contributed by atoms with Gasteiger partial charge in [-0.1, -0.05) is 41.6 Å². The van der Waals surface area contributed by atoms with Gasteiger partial charge in [-0.25, -0.2) is 0 Å². The number of nitrogens with zero attached hydrogens (tertiary/aromatic N) is 1. The van der Waals surface area contributed by atoms with E-state index >= 15 is 0 Å². The predicted molar refractivity (Wildman–Crippen MR) is 90.5 cm³/mol. The summed E-state index contributed by atoms with van der Waals surface area (Å²) in [6, 6.07) is 9.91. The average molecular weight is 389 g/mol. The van der Waals surface area contributed by atoms with E-state index < -0.39 is 23.2 Å². The van der Waals surface area contributed by atoms with E-state index in [1.54, 1.807) is 0 Å². The van der Waals surface area contributed by atoms with Crippen molar-refractivity contribution in [1.29, 1.82) is 0 Å². The Morgan fingerprint density at radius 3 is 2.68 bits per heavy atom. The number of amides is 1. The Morgan fingerprint density at radius 2 is 2.00 bits per heavy atom. The lowest BCUT2D eigenvalue weighted by molar-refractivity contribution is -0.385. The Bertz CT molecular complexity index is 792. The van der Waals surface area contributed by atoms with E-state index in [-0.39, 0.29) is 38.8 Å². The van der Waals surface area contributed by atoms with Gasteiger partial charge in [0, 0.05) is 6.07 Å². The molecule has 0 saturated heterocycles. The lowest BCUT2D eigenvalue weighted by Gasteiger charge is -2.12. The van der Waals surface area contributed by atoms with Gasteiger partial charge in [0.15, 0.2) is 12.4 Å². The molecular formula is C15H11ClF2N2O4S. The minimum atomic E-state index is -2.71. The fraction of sp³-hybridized carbons (Fsp3) is 0.133. The van der Waals surface area contributed by atoms with Gasteiger partial charge >= 0.3 is 5.69 Å². The number of hydrogen-bond acceptors (Lipinski definition) is 5. The van der Waals surface area contributed by atoms with Crippen LogP contribution in [-0.4, -0.2) is 23.2 Å². The van der Waals surface area contributed by atoms with Crippen molar-refractivity contribution in [3.05, 3.63) is 57.6 Å². The van der Waals surface area contributed by atoms with Crippen LogP contribution in [0.15, 0.2) is 47.4 Å². The minimum Gasteiger partial charge on any atom is -0.477 e. The van der Waals surface area contributed by atoms with Crippen molar-refractivity contribution < 1.29 is 23.2 Å². The topological polar surface area (TPSA) is 81.5 Å². The second-order valence-electron chi connectivity index (χ2n) is 4.56. The van der Waals surface area contributed by atoms with Crippen molar-refractivity contribution in [3.63, 3.8) is 0 Å². The molecule has 2 aromatic carbocycles. The lowest BCUT2D eigenvalue weighted by atomic mass is 10.3. The fourth-order valence-electron chi connectivity index (χ4n) is 1.88. The third-order valence-corrected chi connectivity index (χ3v) is 4.15. The van der Waals surface area contributed by atoms with Crippen LogP contribution in [0.5, 0.6) is 5.75 Å². The number of hydrogen-bond donors (Lipinski definition) is 1. The van der Waals surface area contributed by atoms with Crippen LogP contribution >= 0.6 is 23.4 Å². The molecule has 0 aliphatic carbocycles.